The van der Waals surface area contributed by atoms with E-state index in [9.17, 15) is 19.2 Å². The van der Waals surface area contributed by atoms with Crippen LogP contribution in [0.1, 0.15) is 36.8 Å². The van der Waals surface area contributed by atoms with Gasteiger partial charge in [0.15, 0.2) is 6.61 Å². The number of amides is 3. The lowest BCUT2D eigenvalue weighted by Gasteiger charge is -2.11. The number of halogens is 2. The quantitative estimate of drug-likeness (QED) is 0.426. The van der Waals surface area contributed by atoms with Crippen LogP contribution in [0.15, 0.2) is 59.2 Å². The van der Waals surface area contributed by atoms with Gasteiger partial charge in [-0.3, -0.25) is 19.3 Å². The van der Waals surface area contributed by atoms with Gasteiger partial charge in [0.05, 0.1) is 45.2 Å². The van der Waals surface area contributed by atoms with E-state index in [-0.39, 0.29) is 39.0 Å². The molecule has 1 aliphatic rings. The number of fused-ring (bicyclic) bond motifs is 1. The minimum Gasteiger partial charge on any atom is -0.467 e. The molecular weight excluding hydrogens is 459 g/mol. The van der Waals surface area contributed by atoms with Gasteiger partial charge in [-0.2, -0.15) is 0 Å². The molecule has 162 valence electrons. The number of para-hydroxylation sites is 1. The fraction of sp³-hybridized carbons (Fsp3) is 0.0909. The molecule has 1 aromatic heterocycles. The van der Waals surface area contributed by atoms with Crippen molar-refractivity contribution < 1.29 is 28.3 Å². The molecule has 2 heterocycles. The van der Waals surface area contributed by atoms with E-state index in [0.717, 1.165) is 4.90 Å². The van der Waals surface area contributed by atoms with Gasteiger partial charge in [-0.25, -0.2) is 4.79 Å². The summed E-state index contributed by atoms with van der Waals surface area (Å²) in [5.41, 5.74) is 0.469. The molecule has 4 rings (SSSR count). The lowest BCUT2D eigenvalue weighted by atomic mass is 10.1. The van der Waals surface area contributed by atoms with Crippen LogP contribution in [0.25, 0.3) is 0 Å². The van der Waals surface area contributed by atoms with Gasteiger partial charge in [0.1, 0.15) is 5.76 Å². The second-order valence-electron chi connectivity index (χ2n) is 6.76. The number of anilines is 1. The molecule has 0 spiro atoms. The van der Waals surface area contributed by atoms with Crippen LogP contribution in [0.2, 0.25) is 10.0 Å². The average molecular weight is 473 g/mol. The summed E-state index contributed by atoms with van der Waals surface area (Å²) >= 11 is 12.0. The first-order valence-electron chi connectivity index (χ1n) is 9.29. The molecule has 1 N–H and O–H groups in total. The Morgan fingerprint density at radius 1 is 0.969 bits per heavy atom. The normalized spacial score (nSPS) is 12.6. The molecule has 0 fully saturated rings. The van der Waals surface area contributed by atoms with Crippen molar-refractivity contribution >= 4 is 52.6 Å². The predicted octanol–water partition coefficient (Wildman–Crippen LogP) is 4.18. The van der Waals surface area contributed by atoms with E-state index in [4.69, 9.17) is 32.4 Å². The minimum absolute atomic E-state index is 0.0216. The van der Waals surface area contributed by atoms with Gasteiger partial charge in [0, 0.05) is 0 Å². The third kappa shape index (κ3) is 4.23. The summed E-state index contributed by atoms with van der Waals surface area (Å²) in [4.78, 5) is 50.7. The zero-order valence-corrected chi connectivity index (χ0v) is 17.8. The molecule has 2 aromatic carbocycles. The maximum absolute atomic E-state index is 12.7. The van der Waals surface area contributed by atoms with Crippen molar-refractivity contribution in [3.05, 3.63) is 87.3 Å². The lowest BCUT2D eigenvalue weighted by Crippen LogP contribution is -2.28. The maximum atomic E-state index is 12.7. The largest absolute Gasteiger partial charge is 0.467 e. The van der Waals surface area contributed by atoms with Gasteiger partial charge in [-0.05, 0) is 42.5 Å². The summed E-state index contributed by atoms with van der Waals surface area (Å²) in [6, 6.07) is 12.0. The molecule has 0 unspecified atom stereocenters. The molecule has 3 aromatic rings. The summed E-state index contributed by atoms with van der Waals surface area (Å²) in [6.45, 7) is -0.626. The third-order valence-electron chi connectivity index (χ3n) is 4.66. The van der Waals surface area contributed by atoms with Crippen molar-refractivity contribution in [3.63, 3.8) is 0 Å². The Balaban J connectivity index is 1.42. The Bertz CT molecular complexity index is 1220. The van der Waals surface area contributed by atoms with Crippen LogP contribution in [0.4, 0.5) is 5.69 Å². The Morgan fingerprint density at radius 3 is 2.38 bits per heavy atom. The summed E-state index contributed by atoms with van der Waals surface area (Å²) in [7, 11) is 0. The highest BCUT2D eigenvalue weighted by Crippen LogP contribution is 2.30. The standard InChI is InChI=1S/C22H14Cl2N2O6/c23-16-4-1-5-17(24)19(16)25-18(27)11-32-22(30)12-6-7-14-15(9-12)21(29)26(20(14)28)10-13-3-2-8-31-13/h1-9H,10-11H2,(H,25,27). The molecule has 0 bridgehead atoms. The van der Waals surface area contributed by atoms with E-state index in [2.05, 4.69) is 5.32 Å². The number of benzene rings is 2. The number of nitrogens with one attached hydrogen (secondary N) is 1. The van der Waals surface area contributed by atoms with Crippen LogP contribution in [0.5, 0.6) is 0 Å². The number of furan rings is 1. The van der Waals surface area contributed by atoms with Crippen LogP contribution in [0.3, 0.4) is 0 Å². The summed E-state index contributed by atoms with van der Waals surface area (Å²) in [5, 5.41) is 2.94. The van der Waals surface area contributed by atoms with Crippen LogP contribution in [0, 0.1) is 0 Å². The van der Waals surface area contributed by atoms with Crippen molar-refractivity contribution in [2.75, 3.05) is 11.9 Å². The van der Waals surface area contributed by atoms with Crippen LogP contribution in [-0.2, 0) is 16.1 Å². The van der Waals surface area contributed by atoms with E-state index in [1.54, 1.807) is 30.3 Å². The molecule has 0 radical (unpaired) electrons. The average Bonchev–Trinajstić information content (AvgIpc) is 3.37. The first kappa shape index (κ1) is 21.6. The van der Waals surface area contributed by atoms with Crippen molar-refractivity contribution in [2.24, 2.45) is 0 Å². The number of imide groups is 1. The van der Waals surface area contributed by atoms with E-state index < -0.39 is 30.3 Å². The van der Waals surface area contributed by atoms with Crippen molar-refractivity contribution in [1.29, 1.82) is 0 Å². The fourth-order valence-corrected chi connectivity index (χ4v) is 3.62. The van der Waals surface area contributed by atoms with Crippen molar-refractivity contribution in [2.45, 2.75) is 6.54 Å². The number of hydrogen-bond acceptors (Lipinski definition) is 6. The number of esters is 1. The number of nitrogens with zero attached hydrogens (tertiary/aromatic N) is 1. The first-order valence-corrected chi connectivity index (χ1v) is 10.0. The highest BCUT2D eigenvalue weighted by molar-refractivity contribution is 6.39. The Hall–Kier alpha value is -3.62. The lowest BCUT2D eigenvalue weighted by molar-refractivity contribution is -0.119. The molecule has 0 atom stereocenters. The number of rotatable bonds is 6. The first-order chi connectivity index (χ1) is 15.3. The van der Waals surface area contributed by atoms with Gasteiger partial charge >= 0.3 is 5.97 Å². The molecule has 10 heteroatoms. The summed E-state index contributed by atoms with van der Waals surface area (Å²) in [6.07, 6.45) is 1.44. The molecule has 8 nitrogen and oxygen atoms in total. The van der Waals surface area contributed by atoms with Crippen LogP contribution in [-0.4, -0.2) is 35.2 Å². The summed E-state index contributed by atoms with van der Waals surface area (Å²) in [5.74, 6) is -2.08. The van der Waals surface area contributed by atoms with Gasteiger partial charge in [-0.15, -0.1) is 0 Å². The zero-order valence-electron chi connectivity index (χ0n) is 16.3. The Kier molecular flexibility index (Phi) is 5.98. The van der Waals surface area contributed by atoms with E-state index >= 15 is 0 Å². The van der Waals surface area contributed by atoms with E-state index in [0.29, 0.717) is 5.76 Å². The van der Waals surface area contributed by atoms with Crippen molar-refractivity contribution in [3.8, 4) is 0 Å². The SMILES string of the molecule is O=C(COC(=O)c1ccc2c(c1)C(=O)N(Cc1ccco1)C2=O)Nc1c(Cl)cccc1Cl. The monoisotopic (exact) mass is 472 g/mol. The van der Waals surface area contributed by atoms with Crippen molar-refractivity contribution in [1.82, 2.24) is 4.90 Å². The second kappa shape index (κ2) is 8.86. The molecule has 3 amide bonds. The maximum Gasteiger partial charge on any atom is 0.338 e. The summed E-state index contributed by atoms with van der Waals surface area (Å²) < 4.78 is 10.2. The molecule has 32 heavy (non-hydrogen) atoms. The highest BCUT2D eigenvalue weighted by Gasteiger charge is 2.36. The van der Waals surface area contributed by atoms with Gasteiger partial charge in [0.25, 0.3) is 17.7 Å². The van der Waals surface area contributed by atoms with Gasteiger partial charge < -0.3 is 14.5 Å². The topological polar surface area (TPSA) is 106 Å². The van der Waals surface area contributed by atoms with Crippen LogP contribution < -0.4 is 5.32 Å². The van der Waals surface area contributed by atoms with Gasteiger partial charge in [-0.1, -0.05) is 29.3 Å². The van der Waals surface area contributed by atoms with E-state index in [1.165, 1.54) is 24.5 Å². The molecule has 0 aliphatic carbocycles. The molecule has 0 saturated carbocycles. The van der Waals surface area contributed by atoms with Crippen LogP contribution >= 0.6 is 23.2 Å². The second-order valence-corrected chi connectivity index (χ2v) is 7.57. The zero-order chi connectivity index (χ0) is 22.8. The Labute approximate surface area is 191 Å². The molecule has 1 aliphatic heterocycles. The number of ether oxygens (including phenoxy) is 1. The third-order valence-corrected chi connectivity index (χ3v) is 5.29. The van der Waals surface area contributed by atoms with Gasteiger partial charge in [0.2, 0.25) is 0 Å². The number of carbonyl (C=O) groups excluding carboxylic acids is 4. The fourth-order valence-electron chi connectivity index (χ4n) is 3.13. The molecular formula is C22H14Cl2N2O6. The number of hydrogen-bond donors (Lipinski definition) is 1. The predicted molar refractivity (Wildman–Crippen MR) is 115 cm³/mol. The molecule has 0 saturated heterocycles. The highest BCUT2D eigenvalue weighted by atomic mass is 35.5. The number of carbonyl (C=O) groups is 4. The minimum atomic E-state index is -0.835. The smallest absolute Gasteiger partial charge is 0.338 e. The Morgan fingerprint density at radius 2 is 1.69 bits per heavy atom. The van der Waals surface area contributed by atoms with E-state index in [1.807, 2.05) is 0 Å².